The van der Waals surface area contributed by atoms with Crippen molar-refractivity contribution in [2.24, 2.45) is 17.7 Å². The maximum absolute atomic E-state index is 11.3. The zero-order chi connectivity index (χ0) is 8.77. The van der Waals surface area contributed by atoms with Gasteiger partial charge in [-0.25, -0.2) is 0 Å². The molecule has 0 amide bonds. The Hall–Kier alpha value is -1.05. The molecule has 58 valence electrons. The first-order valence-electron chi connectivity index (χ1n) is 4.14. The lowest BCUT2D eigenvalue weighted by molar-refractivity contribution is -0.146. The second kappa shape index (κ2) is 2.22. The van der Waals surface area contributed by atoms with Crippen molar-refractivity contribution in [1.29, 1.82) is 0 Å². The highest BCUT2D eigenvalue weighted by molar-refractivity contribution is 5.76. The number of carbonyl (C=O) groups excluding carboxylic acids is 1. The van der Waals surface area contributed by atoms with Crippen molar-refractivity contribution in [3.05, 3.63) is 24.3 Å². The Bertz CT molecular complexity index is 250. The van der Waals surface area contributed by atoms with E-state index in [-0.39, 0.29) is 11.8 Å². The Kier molecular flexibility index (Phi) is 1.13. The number of hydrogen-bond acceptors (Lipinski definition) is 2. The largest absolute Gasteiger partial charge is 0.469 e. The molecular formula is C9H10O2. The van der Waals surface area contributed by atoms with Crippen LogP contribution in [0.1, 0.15) is 1.37 Å². The molecule has 0 fully saturated rings. The van der Waals surface area contributed by atoms with Gasteiger partial charge >= 0.3 is 5.97 Å². The van der Waals surface area contributed by atoms with E-state index in [1.807, 2.05) is 24.3 Å². The second-order valence-electron chi connectivity index (χ2n) is 2.77. The van der Waals surface area contributed by atoms with Crippen molar-refractivity contribution in [3.63, 3.8) is 0 Å². The number of methoxy groups -OCH3 is 1. The molecule has 0 heterocycles. The van der Waals surface area contributed by atoms with Crippen LogP contribution in [0.25, 0.3) is 0 Å². The highest BCUT2D eigenvalue weighted by Crippen LogP contribution is 2.39. The van der Waals surface area contributed by atoms with E-state index in [9.17, 15) is 4.79 Å². The Morgan fingerprint density at radius 3 is 2.18 bits per heavy atom. The van der Waals surface area contributed by atoms with Crippen LogP contribution in [0.2, 0.25) is 0 Å². The van der Waals surface area contributed by atoms with E-state index in [0.29, 0.717) is 0 Å². The molecule has 2 heteroatoms. The molecule has 0 spiro atoms. The lowest BCUT2D eigenvalue weighted by Crippen LogP contribution is -2.21. The third-order valence-corrected chi connectivity index (χ3v) is 2.19. The number of rotatable bonds is 1. The van der Waals surface area contributed by atoms with Crippen LogP contribution in [0.3, 0.4) is 0 Å². The van der Waals surface area contributed by atoms with Crippen LogP contribution in [-0.2, 0) is 9.53 Å². The van der Waals surface area contributed by atoms with Gasteiger partial charge in [-0.2, -0.15) is 0 Å². The monoisotopic (exact) mass is 151 g/mol. The molecule has 2 aliphatic carbocycles. The number of fused-ring (bicyclic) bond motifs is 2. The molecule has 0 atom stereocenters. The third-order valence-electron chi connectivity index (χ3n) is 2.19. The van der Waals surface area contributed by atoms with Crippen molar-refractivity contribution in [2.45, 2.75) is 0 Å². The molecule has 0 aromatic rings. The molecule has 0 saturated carbocycles. The van der Waals surface area contributed by atoms with E-state index in [1.165, 1.54) is 7.11 Å². The molecule has 2 nitrogen and oxygen atoms in total. The minimum absolute atomic E-state index is 0.0880. The third kappa shape index (κ3) is 0.821. The first-order valence-corrected chi connectivity index (χ1v) is 3.64. The fraction of sp³-hybridized carbons (Fsp3) is 0.444. The van der Waals surface area contributed by atoms with E-state index in [1.54, 1.807) is 0 Å². The SMILES string of the molecule is [2H]C1(C(=O)OC)C2C=CC1C=C2. The molecule has 2 rings (SSSR count). The average Bonchev–Trinajstić information content (AvgIpc) is 2.60. The summed E-state index contributed by atoms with van der Waals surface area (Å²) in [6, 6.07) is 0. The van der Waals surface area contributed by atoms with E-state index < -0.39 is 11.9 Å². The van der Waals surface area contributed by atoms with E-state index in [2.05, 4.69) is 4.74 Å². The van der Waals surface area contributed by atoms with Crippen molar-refractivity contribution >= 4 is 5.97 Å². The van der Waals surface area contributed by atoms with Crippen LogP contribution in [0.15, 0.2) is 24.3 Å². The Morgan fingerprint density at radius 1 is 1.36 bits per heavy atom. The first kappa shape index (κ1) is 5.58. The highest BCUT2D eigenvalue weighted by Gasteiger charge is 2.39. The number of esters is 1. The molecular weight excluding hydrogens is 140 g/mol. The predicted molar refractivity (Wildman–Crippen MR) is 40.8 cm³/mol. The molecule has 0 unspecified atom stereocenters. The predicted octanol–water partition coefficient (Wildman–Crippen LogP) is 1.15. The number of carbonyl (C=O) groups is 1. The van der Waals surface area contributed by atoms with Gasteiger partial charge in [-0.1, -0.05) is 24.3 Å². The zero-order valence-corrected chi connectivity index (χ0v) is 6.28. The summed E-state index contributed by atoms with van der Waals surface area (Å²) in [6.07, 6.45) is 7.59. The van der Waals surface area contributed by atoms with Gasteiger partial charge in [-0.15, -0.1) is 0 Å². The maximum atomic E-state index is 11.3. The van der Waals surface area contributed by atoms with Gasteiger partial charge in [0.15, 0.2) is 0 Å². The van der Waals surface area contributed by atoms with E-state index >= 15 is 0 Å². The molecule has 0 aromatic carbocycles. The summed E-state index contributed by atoms with van der Waals surface area (Å²) in [7, 11) is 1.33. The fourth-order valence-corrected chi connectivity index (χ4v) is 1.63. The quantitative estimate of drug-likeness (QED) is 0.415. The van der Waals surface area contributed by atoms with Crippen LogP contribution >= 0.6 is 0 Å². The molecule has 0 saturated heterocycles. The maximum Gasteiger partial charge on any atom is 0.310 e. The summed E-state index contributed by atoms with van der Waals surface area (Å²) in [6.45, 7) is 0. The average molecular weight is 151 g/mol. The minimum Gasteiger partial charge on any atom is -0.469 e. The van der Waals surface area contributed by atoms with Crippen LogP contribution in [0.4, 0.5) is 0 Å². The summed E-state index contributed by atoms with van der Waals surface area (Å²) in [5, 5.41) is 0. The van der Waals surface area contributed by atoms with Crippen LogP contribution in [0.5, 0.6) is 0 Å². The van der Waals surface area contributed by atoms with Gasteiger partial charge in [0, 0.05) is 13.2 Å². The highest BCUT2D eigenvalue weighted by atomic mass is 16.5. The van der Waals surface area contributed by atoms with Gasteiger partial charge in [0.2, 0.25) is 0 Å². The van der Waals surface area contributed by atoms with Gasteiger partial charge < -0.3 is 4.74 Å². The summed E-state index contributed by atoms with van der Waals surface area (Å²) in [5.74, 6) is -1.72. The molecule has 2 bridgehead atoms. The van der Waals surface area contributed by atoms with Gasteiger partial charge in [0.1, 0.15) is 0 Å². The lowest BCUT2D eigenvalue weighted by atomic mass is 9.95. The topological polar surface area (TPSA) is 26.3 Å². The summed E-state index contributed by atoms with van der Waals surface area (Å²) in [4.78, 5) is 11.3. The summed E-state index contributed by atoms with van der Waals surface area (Å²) < 4.78 is 12.6. The van der Waals surface area contributed by atoms with E-state index in [0.717, 1.165) is 0 Å². The molecule has 0 aliphatic heterocycles. The van der Waals surface area contributed by atoms with Crippen molar-refractivity contribution in [3.8, 4) is 0 Å². The standard InChI is InChI=1S/C9H10O2/c1-11-9(10)8-6-2-3-7(8)5-4-6/h2-8H,1H3/i8D. The van der Waals surface area contributed by atoms with Crippen LogP contribution < -0.4 is 0 Å². The smallest absolute Gasteiger partial charge is 0.310 e. The Labute approximate surface area is 66.9 Å². The molecule has 11 heavy (non-hydrogen) atoms. The first-order chi connectivity index (χ1) is 5.69. The van der Waals surface area contributed by atoms with Crippen molar-refractivity contribution in [1.82, 2.24) is 0 Å². The zero-order valence-electron chi connectivity index (χ0n) is 7.28. The van der Waals surface area contributed by atoms with Gasteiger partial charge in [-0.3, -0.25) is 4.79 Å². The Balaban J connectivity index is 2.31. The molecule has 0 aromatic heterocycles. The molecule has 0 N–H and O–H groups in total. The summed E-state index contributed by atoms with van der Waals surface area (Å²) in [5.41, 5.74) is 0. The van der Waals surface area contributed by atoms with Crippen molar-refractivity contribution in [2.75, 3.05) is 7.11 Å². The second-order valence-corrected chi connectivity index (χ2v) is 2.77. The number of ether oxygens (including phenoxy) is 1. The van der Waals surface area contributed by atoms with E-state index in [4.69, 9.17) is 1.37 Å². The normalized spacial score (nSPS) is 46.1. The number of allylic oxidation sites excluding steroid dienone is 4. The van der Waals surface area contributed by atoms with Crippen LogP contribution in [-0.4, -0.2) is 13.1 Å². The summed E-state index contributed by atoms with van der Waals surface area (Å²) >= 11 is 0. The fourth-order valence-electron chi connectivity index (χ4n) is 1.63. The van der Waals surface area contributed by atoms with Gasteiger partial charge in [0.05, 0.1) is 13.0 Å². The Morgan fingerprint density at radius 2 is 1.82 bits per heavy atom. The number of hydrogen-bond donors (Lipinski definition) is 0. The van der Waals surface area contributed by atoms with Crippen molar-refractivity contribution < 1.29 is 10.9 Å². The lowest BCUT2D eigenvalue weighted by Gasteiger charge is -2.11. The van der Waals surface area contributed by atoms with Gasteiger partial charge in [0.25, 0.3) is 0 Å². The molecule has 0 radical (unpaired) electrons. The van der Waals surface area contributed by atoms with Crippen LogP contribution in [0, 0.1) is 17.7 Å². The molecule has 2 aliphatic rings. The minimum atomic E-state index is -1.10. The van der Waals surface area contributed by atoms with Gasteiger partial charge in [-0.05, 0) is 0 Å².